The van der Waals surface area contributed by atoms with Crippen LogP contribution in [0.4, 0.5) is 13.2 Å². The van der Waals surface area contributed by atoms with Gasteiger partial charge in [0.2, 0.25) is 6.29 Å². The molecule has 0 saturated carbocycles. The smallest absolute Gasteiger partial charge is 0.416 e. The van der Waals surface area contributed by atoms with Crippen molar-refractivity contribution >= 4 is 0 Å². The minimum Gasteiger partial charge on any atom is -0.464 e. The predicted molar refractivity (Wildman–Crippen MR) is 121 cm³/mol. The van der Waals surface area contributed by atoms with Crippen molar-refractivity contribution in [3.05, 3.63) is 102 Å². The van der Waals surface area contributed by atoms with Crippen molar-refractivity contribution in [1.82, 2.24) is 9.80 Å². The van der Waals surface area contributed by atoms with Crippen LogP contribution in [0.2, 0.25) is 0 Å². The molecule has 0 amide bonds. The molecule has 1 aliphatic heterocycles. The Labute approximate surface area is 191 Å². The zero-order valence-corrected chi connectivity index (χ0v) is 18.2. The van der Waals surface area contributed by atoms with Gasteiger partial charge in [-0.3, -0.25) is 9.80 Å². The van der Waals surface area contributed by atoms with Gasteiger partial charge in [-0.05, 0) is 29.3 Å². The van der Waals surface area contributed by atoms with Crippen LogP contribution in [0.15, 0.2) is 84.9 Å². The minimum absolute atomic E-state index is 0.00387. The van der Waals surface area contributed by atoms with Crippen LogP contribution in [0.3, 0.4) is 0 Å². The van der Waals surface area contributed by atoms with Gasteiger partial charge < -0.3 is 9.84 Å². The molecule has 1 fully saturated rings. The quantitative estimate of drug-likeness (QED) is 0.518. The molecular formula is C26H27F3N2O2. The summed E-state index contributed by atoms with van der Waals surface area (Å²) in [6.45, 7) is 3.26. The lowest BCUT2D eigenvalue weighted by molar-refractivity contribution is -0.137. The molecule has 0 unspecified atom stereocenters. The lowest BCUT2D eigenvalue weighted by atomic mass is 9.96. The maximum Gasteiger partial charge on any atom is 0.416 e. The molecule has 0 radical (unpaired) electrons. The van der Waals surface area contributed by atoms with E-state index >= 15 is 0 Å². The summed E-state index contributed by atoms with van der Waals surface area (Å²) in [5.74, 6) is 0.00387. The van der Waals surface area contributed by atoms with Crippen LogP contribution in [0, 0.1) is 0 Å². The Morgan fingerprint density at radius 3 is 1.91 bits per heavy atom. The first-order chi connectivity index (χ1) is 15.9. The number of hydrogen-bond donors (Lipinski definition) is 1. The Morgan fingerprint density at radius 2 is 1.36 bits per heavy atom. The van der Waals surface area contributed by atoms with E-state index in [4.69, 9.17) is 4.74 Å². The number of halogens is 3. The molecule has 4 nitrogen and oxygen atoms in total. The van der Waals surface area contributed by atoms with Gasteiger partial charge in [-0.25, -0.2) is 0 Å². The van der Waals surface area contributed by atoms with Crippen LogP contribution >= 0.6 is 0 Å². The SMILES string of the molecule is O[C@@H](CN1CCN(C(c2ccccc2)c2ccccc2)CC1)Oc1cccc(C(F)(F)F)c1. The molecule has 0 bridgehead atoms. The van der Waals surface area contributed by atoms with Crippen molar-refractivity contribution in [1.29, 1.82) is 0 Å². The van der Waals surface area contributed by atoms with Crippen LogP contribution in [0.5, 0.6) is 5.75 Å². The number of hydrogen-bond acceptors (Lipinski definition) is 4. The Morgan fingerprint density at radius 1 is 0.788 bits per heavy atom. The van der Waals surface area contributed by atoms with Gasteiger partial charge in [-0.2, -0.15) is 13.2 Å². The topological polar surface area (TPSA) is 35.9 Å². The van der Waals surface area contributed by atoms with Gasteiger partial charge in [0.1, 0.15) is 5.75 Å². The fraction of sp³-hybridized carbons (Fsp3) is 0.308. The second kappa shape index (κ2) is 10.4. The van der Waals surface area contributed by atoms with Gasteiger partial charge in [0, 0.05) is 26.2 Å². The van der Waals surface area contributed by atoms with Crippen molar-refractivity contribution in [2.45, 2.75) is 18.5 Å². The number of aliphatic hydroxyl groups is 1. The molecule has 1 saturated heterocycles. The maximum atomic E-state index is 12.9. The number of alkyl halides is 3. The molecule has 1 atom stereocenters. The van der Waals surface area contributed by atoms with Crippen LogP contribution in [-0.2, 0) is 6.18 Å². The van der Waals surface area contributed by atoms with E-state index in [1.165, 1.54) is 23.3 Å². The molecule has 7 heteroatoms. The van der Waals surface area contributed by atoms with E-state index in [0.717, 1.165) is 38.3 Å². The lowest BCUT2D eigenvalue weighted by Crippen LogP contribution is -2.50. The van der Waals surface area contributed by atoms with Crippen molar-refractivity contribution in [2.24, 2.45) is 0 Å². The second-order valence-corrected chi connectivity index (χ2v) is 8.16. The summed E-state index contributed by atoms with van der Waals surface area (Å²) in [5, 5.41) is 10.3. The Hall–Kier alpha value is -2.87. The summed E-state index contributed by atoms with van der Waals surface area (Å²) < 4.78 is 44.0. The molecule has 3 aromatic carbocycles. The zero-order valence-electron chi connectivity index (χ0n) is 18.2. The Balaban J connectivity index is 1.36. The van der Waals surface area contributed by atoms with E-state index in [1.54, 1.807) is 0 Å². The fourth-order valence-corrected chi connectivity index (χ4v) is 4.25. The summed E-state index contributed by atoms with van der Waals surface area (Å²) in [5.41, 5.74) is 1.66. The standard InChI is InChI=1S/C26H27F3N2O2/c27-26(28,29)22-12-7-13-23(18-22)33-24(32)19-30-14-16-31(17-15-30)25(20-8-3-1-4-9-20)21-10-5-2-6-11-21/h1-13,18,24-25,32H,14-17,19H2/t24-/m1/s1. The molecule has 3 aromatic rings. The van der Waals surface area contributed by atoms with Crippen LogP contribution in [0.25, 0.3) is 0 Å². The van der Waals surface area contributed by atoms with Gasteiger partial charge in [0.15, 0.2) is 0 Å². The highest BCUT2D eigenvalue weighted by atomic mass is 19.4. The highest BCUT2D eigenvalue weighted by Crippen LogP contribution is 2.32. The molecular weight excluding hydrogens is 429 g/mol. The van der Waals surface area contributed by atoms with Crippen molar-refractivity contribution in [3.8, 4) is 5.75 Å². The highest BCUT2D eigenvalue weighted by molar-refractivity contribution is 5.32. The Kier molecular flexibility index (Phi) is 7.33. The second-order valence-electron chi connectivity index (χ2n) is 8.16. The molecule has 1 N–H and O–H groups in total. The summed E-state index contributed by atoms with van der Waals surface area (Å²) in [7, 11) is 0. The summed E-state index contributed by atoms with van der Waals surface area (Å²) in [6.07, 6.45) is -5.66. The number of rotatable bonds is 7. The molecule has 0 aliphatic carbocycles. The first-order valence-corrected chi connectivity index (χ1v) is 11.0. The first kappa shape index (κ1) is 23.3. The first-order valence-electron chi connectivity index (χ1n) is 11.0. The van der Waals surface area contributed by atoms with Gasteiger partial charge in [-0.1, -0.05) is 66.7 Å². The molecule has 0 spiro atoms. The summed E-state index contributed by atoms with van der Waals surface area (Å²) >= 11 is 0. The van der Waals surface area contributed by atoms with Crippen LogP contribution in [0.1, 0.15) is 22.7 Å². The number of ether oxygens (including phenoxy) is 1. The average Bonchev–Trinajstić information content (AvgIpc) is 2.81. The van der Waals surface area contributed by atoms with E-state index < -0.39 is 18.0 Å². The molecule has 33 heavy (non-hydrogen) atoms. The molecule has 0 aromatic heterocycles. The monoisotopic (exact) mass is 456 g/mol. The van der Waals surface area contributed by atoms with E-state index in [2.05, 4.69) is 34.1 Å². The van der Waals surface area contributed by atoms with Crippen LogP contribution < -0.4 is 4.74 Å². The number of piperazine rings is 1. The van der Waals surface area contributed by atoms with Crippen molar-refractivity contribution in [2.75, 3.05) is 32.7 Å². The van der Waals surface area contributed by atoms with Gasteiger partial charge in [-0.15, -0.1) is 0 Å². The maximum absolute atomic E-state index is 12.9. The average molecular weight is 457 g/mol. The number of β-amino-alcohol motifs (C(OH)–C–C–N with tert-alkyl or cyclic N) is 1. The van der Waals surface area contributed by atoms with Crippen molar-refractivity contribution in [3.63, 3.8) is 0 Å². The van der Waals surface area contributed by atoms with Crippen LogP contribution in [-0.4, -0.2) is 53.9 Å². The molecule has 1 aliphatic rings. The number of nitrogens with zero attached hydrogens (tertiary/aromatic N) is 2. The Bertz CT molecular complexity index is 967. The summed E-state index contributed by atoms with van der Waals surface area (Å²) in [4.78, 5) is 4.49. The van der Waals surface area contributed by atoms with E-state index in [1.807, 2.05) is 36.4 Å². The highest BCUT2D eigenvalue weighted by Gasteiger charge is 2.31. The largest absolute Gasteiger partial charge is 0.464 e. The number of aliphatic hydroxyl groups excluding tert-OH is 1. The third-order valence-electron chi connectivity index (χ3n) is 5.85. The lowest BCUT2D eigenvalue weighted by Gasteiger charge is -2.40. The minimum atomic E-state index is -4.45. The third kappa shape index (κ3) is 6.13. The van der Waals surface area contributed by atoms with Gasteiger partial charge >= 0.3 is 6.18 Å². The third-order valence-corrected chi connectivity index (χ3v) is 5.85. The summed E-state index contributed by atoms with van der Waals surface area (Å²) in [6, 6.07) is 25.5. The molecule has 174 valence electrons. The normalized spacial score (nSPS) is 16.6. The van der Waals surface area contributed by atoms with Gasteiger partial charge in [0.05, 0.1) is 18.2 Å². The van der Waals surface area contributed by atoms with E-state index in [9.17, 15) is 18.3 Å². The number of benzene rings is 3. The zero-order chi connectivity index (χ0) is 23.3. The van der Waals surface area contributed by atoms with E-state index in [0.29, 0.717) is 0 Å². The van der Waals surface area contributed by atoms with E-state index in [-0.39, 0.29) is 18.3 Å². The molecule has 4 rings (SSSR count). The molecule has 1 heterocycles. The van der Waals surface area contributed by atoms with Crippen molar-refractivity contribution < 1.29 is 23.0 Å². The predicted octanol–water partition coefficient (Wildman–Crippen LogP) is 4.81. The van der Waals surface area contributed by atoms with Gasteiger partial charge in [0.25, 0.3) is 0 Å². The fourth-order valence-electron chi connectivity index (χ4n) is 4.25.